The molecule has 1 aromatic carbocycles. The Bertz CT molecular complexity index is 417. The molecule has 5 nitrogen and oxygen atoms in total. The summed E-state index contributed by atoms with van der Waals surface area (Å²) in [6.07, 6.45) is 0.563. The number of piperazine rings is 1. The van der Waals surface area contributed by atoms with Crippen LogP contribution in [-0.2, 0) is 4.79 Å². The van der Waals surface area contributed by atoms with Crippen LogP contribution >= 0.6 is 0 Å². The zero-order chi connectivity index (χ0) is 13.5. The Morgan fingerprint density at radius 1 is 1.37 bits per heavy atom. The summed E-state index contributed by atoms with van der Waals surface area (Å²) in [5.41, 5.74) is 0.747. The van der Waals surface area contributed by atoms with Gasteiger partial charge in [-0.1, -0.05) is 12.1 Å². The van der Waals surface area contributed by atoms with E-state index in [2.05, 4.69) is 10.6 Å². The summed E-state index contributed by atoms with van der Waals surface area (Å²) in [6.45, 7) is 5.56. The first-order chi connectivity index (χ1) is 9.29. The molecule has 5 heteroatoms. The number of carbonyl (C=O) groups is 1. The van der Waals surface area contributed by atoms with Gasteiger partial charge in [-0.15, -0.1) is 0 Å². The van der Waals surface area contributed by atoms with Crippen LogP contribution in [0.5, 0.6) is 5.75 Å². The number of rotatable bonds is 5. The smallest absolute Gasteiger partial charge is 0.230 e. The SMILES string of the molecule is COc1ccccc1NC(=O)CC[NH+]1CC[NH2+]CC1. The molecule has 4 N–H and O–H groups in total. The number of carbonyl (C=O) groups excluding carboxylic acids is 1. The third-order valence-electron chi connectivity index (χ3n) is 3.49. The van der Waals surface area contributed by atoms with Crippen LogP contribution in [0.2, 0.25) is 0 Å². The number of hydrogen-bond donors (Lipinski definition) is 3. The van der Waals surface area contributed by atoms with E-state index in [9.17, 15) is 4.79 Å². The van der Waals surface area contributed by atoms with E-state index in [0.29, 0.717) is 12.2 Å². The van der Waals surface area contributed by atoms with Crippen LogP contribution in [0.1, 0.15) is 6.42 Å². The highest BCUT2D eigenvalue weighted by atomic mass is 16.5. The second-order valence-electron chi connectivity index (χ2n) is 4.86. The van der Waals surface area contributed by atoms with Gasteiger partial charge in [-0.05, 0) is 12.1 Å². The number of hydrogen-bond acceptors (Lipinski definition) is 2. The number of nitrogens with one attached hydrogen (secondary N) is 2. The van der Waals surface area contributed by atoms with E-state index in [-0.39, 0.29) is 5.91 Å². The van der Waals surface area contributed by atoms with Gasteiger partial charge in [-0.25, -0.2) is 0 Å². The number of anilines is 1. The third-order valence-corrected chi connectivity index (χ3v) is 3.49. The normalized spacial score (nSPS) is 16.1. The van der Waals surface area contributed by atoms with E-state index >= 15 is 0 Å². The van der Waals surface area contributed by atoms with Crippen molar-refractivity contribution in [3.05, 3.63) is 24.3 Å². The first-order valence-electron chi connectivity index (χ1n) is 6.87. The predicted molar refractivity (Wildman–Crippen MR) is 73.5 cm³/mol. The Morgan fingerprint density at radius 2 is 2.11 bits per heavy atom. The van der Waals surface area contributed by atoms with Gasteiger partial charge in [0.15, 0.2) is 0 Å². The first-order valence-corrected chi connectivity index (χ1v) is 6.87. The van der Waals surface area contributed by atoms with Gasteiger partial charge in [0.1, 0.15) is 31.9 Å². The van der Waals surface area contributed by atoms with Crippen molar-refractivity contribution < 1.29 is 19.7 Å². The molecule has 1 heterocycles. The van der Waals surface area contributed by atoms with Crippen molar-refractivity contribution in [2.24, 2.45) is 0 Å². The molecule has 0 aromatic heterocycles. The summed E-state index contributed by atoms with van der Waals surface area (Å²) in [6, 6.07) is 7.49. The zero-order valence-electron chi connectivity index (χ0n) is 11.4. The van der Waals surface area contributed by atoms with Crippen LogP contribution < -0.4 is 20.3 Å². The molecule has 0 aliphatic carbocycles. The Labute approximate surface area is 113 Å². The Hall–Kier alpha value is -1.59. The molecule has 0 saturated carbocycles. The van der Waals surface area contributed by atoms with E-state index < -0.39 is 0 Å². The van der Waals surface area contributed by atoms with Crippen molar-refractivity contribution in [2.45, 2.75) is 6.42 Å². The highest BCUT2D eigenvalue weighted by molar-refractivity contribution is 5.92. The number of quaternary nitrogens is 2. The van der Waals surface area contributed by atoms with E-state index in [1.807, 2.05) is 24.3 Å². The molecular weight excluding hydrogens is 242 g/mol. The fourth-order valence-corrected chi connectivity index (χ4v) is 2.38. The highest BCUT2D eigenvalue weighted by Crippen LogP contribution is 2.22. The lowest BCUT2D eigenvalue weighted by Gasteiger charge is -2.21. The minimum atomic E-state index is 0.0616. The van der Waals surface area contributed by atoms with E-state index in [1.165, 1.54) is 18.0 Å². The van der Waals surface area contributed by atoms with E-state index in [0.717, 1.165) is 25.3 Å². The van der Waals surface area contributed by atoms with Gasteiger partial charge < -0.3 is 20.3 Å². The molecule has 0 atom stereocenters. The Balaban J connectivity index is 1.80. The van der Waals surface area contributed by atoms with Crippen molar-refractivity contribution in [1.29, 1.82) is 0 Å². The fraction of sp³-hybridized carbons (Fsp3) is 0.500. The number of nitrogens with two attached hydrogens (primary N) is 1. The quantitative estimate of drug-likeness (QED) is 0.606. The molecule has 0 bridgehead atoms. The van der Waals surface area contributed by atoms with E-state index in [4.69, 9.17) is 4.74 Å². The van der Waals surface area contributed by atoms with Crippen LogP contribution in [0.4, 0.5) is 5.69 Å². The maximum atomic E-state index is 11.9. The number of amides is 1. The fourth-order valence-electron chi connectivity index (χ4n) is 2.38. The Morgan fingerprint density at radius 3 is 2.84 bits per heavy atom. The van der Waals surface area contributed by atoms with Crippen molar-refractivity contribution in [3.8, 4) is 5.75 Å². The average molecular weight is 265 g/mol. The molecule has 0 radical (unpaired) electrons. The number of para-hydroxylation sites is 2. The summed E-state index contributed by atoms with van der Waals surface area (Å²) >= 11 is 0. The third kappa shape index (κ3) is 4.22. The summed E-state index contributed by atoms with van der Waals surface area (Å²) in [7, 11) is 1.61. The van der Waals surface area contributed by atoms with Gasteiger partial charge in [0.05, 0.1) is 25.8 Å². The molecule has 1 aromatic rings. The van der Waals surface area contributed by atoms with Gasteiger partial charge in [0, 0.05) is 0 Å². The lowest BCUT2D eigenvalue weighted by atomic mass is 10.2. The maximum Gasteiger partial charge on any atom is 0.230 e. The molecule has 19 heavy (non-hydrogen) atoms. The molecule has 1 fully saturated rings. The van der Waals surface area contributed by atoms with Gasteiger partial charge in [-0.2, -0.15) is 0 Å². The van der Waals surface area contributed by atoms with Crippen LogP contribution in [0.25, 0.3) is 0 Å². The second kappa shape index (κ2) is 7.11. The molecule has 0 unspecified atom stereocenters. The van der Waals surface area contributed by atoms with Crippen molar-refractivity contribution in [1.82, 2.24) is 0 Å². The lowest BCUT2D eigenvalue weighted by molar-refractivity contribution is -0.946. The highest BCUT2D eigenvalue weighted by Gasteiger charge is 2.17. The molecule has 1 aliphatic rings. The maximum absolute atomic E-state index is 11.9. The number of methoxy groups -OCH3 is 1. The summed E-state index contributed by atoms with van der Waals surface area (Å²) in [5, 5.41) is 5.25. The number of ether oxygens (including phenoxy) is 1. The van der Waals surface area contributed by atoms with Crippen molar-refractivity contribution in [3.63, 3.8) is 0 Å². The van der Waals surface area contributed by atoms with Crippen LogP contribution in [0.3, 0.4) is 0 Å². The van der Waals surface area contributed by atoms with Gasteiger partial charge in [0.25, 0.3) is 0 Å². The van der Waals surface area contributed by atoms with Crippen molar-refractivity contribution in [2.75, 3.05) is 45.2 Å². The largest absolute Gasteiger partial charge is 0.495 e. The zero-order valence-corrected chi connectivity index (χ0v) is 11.4. The molecule has 1 aliphatic heterocycles. The molecule has 0 spiro atoms. The Kier molecular flexibility index (Phi) is 5.18. The summed E-state index contributed by atoms with van der Waals surface area (Å²) < 4.78 is 5.22. The topological polar surface area (TPSA) is 59.4 Å². The molecule has 1 amide bonds. The predicted octanol–water partition coefficient (Wildman–Crippen LogP) is -1.51. The molecule has 104 valence electrons. The minimum absolute atomic E-state index is 0.0616. The van der Waals surface area contributed by atoms with Crippen LogP contribution in [0, 0.1) is 0 Å². The van der Waals surface area contributed by atoms with Crippen LogP contribution in [-0.4, -0.2) is 45.7 Å². The van der Waals surface area contributed by atoms with Gasteiger partial charge in [0.2, 0.25) is 5.91 Å². The van der Waals surface area contributed by atoms with Gasteiger partial charge in [-0.3, -0.25) is 4.79 Å². The van der Waals surface area contributed by atoms with Crippen LogP contribution in [0.15, 0.2) is 24.3 Å². The van der Waals surface area contributed by atoms with Crippen molar-refractivity contribution >= 4 is 11.6 Å². The summed E-state index contributed by atoms with van der Waals surface area (Å²) in [4.78, 5) is 13.5. The summed E-state index contributed by atoms with van der Waals surface area (Å²) in [5.74, 6) is 0.766. The van der Waals surface area contributed by atoms with Gasteiger partial charge >= 0.3 is 0 Å². The molecule has 2 rings (SSSR count). The minimum Gasteiger partial charge on any atom is -0.495 e. The lowest BCUT2D eigenvalue weighted by Crippen LogP contribution is -3.20. The average Bonchev–Trinajstić information content (AvgIpc) is 2.47. The second-order valence-corrected chi connectivity index (χ2v) is 4.86. The monoisotopic (exact) mass is 265 g/mol. The molecular formula is C14H23N3O2+2. The standard InChI is InChI=1S/C14H21N3O2/c1-19-13-5-3-2-4-12(13)16-14(18)6-9-17-10-7-15-8-11-17/h2-5,15H,6-11H2,1H3,(H,16,18)/p+2. The van der Waals surface area contributed by atoms with E-state index in [1.54, 1.807) is 7.11 Å². The number of benzene rings is 1. The molecule has 1 saturated heterocycles. The first kappa shape index (κ1) is 13.8.